The van der Waals surface area contributed by atoms with E-state index in [1.165, 1.54) is 0 Å². The van der Waals surface area contributed by atoms with E-state index < -0.39 is 0 Å². The molecule has 0 unspecified atom stereocenters. The number of halogens is 1. The topological polar surface area (TPSA) is 50.4 Å². The molecular weight excluding hydrogens is 332 g/mol. The predicted octanol–water partition coefficient (Wildman–Crippen LogP) is 4.17. The molecule has 0 spiro atoms. The normalized spacial score (nSPS) is 10.0. The first-order valence-corrected chi connectivity index (χ1v) is 7.89. The minimum atomic E-state index is -0.302. The van der Waals surface area contributed by atoms with Crippen LogP contribution in [0.4, 0.5) is 5.69 Å². The molecule has 2 aromatic carbocycles. The van der Waals surface area contributed by atoms with Crippen LogP contribution in [0.15, 0.2) is 42.5 Å². The molecule has 2 rings (SSSR count). The van der Waals surface area contributed by atoms with E-state index >= 15 is 0 Å². The highest BCUT2D eigenvalue weighted by atomic mass is 35.5. The Morgan fingerprint density at radius 2 is 2.04 bits per heavy atom. The lowest BCUT2D eigenvalue weighted by atomic mass is 10.2. The molecule has 0 aliphatic heterocycles. The van der Waals surface area contributed by atoms with Crippen LogP contribution < -0.4 is 15.4 Å². The molecule has 0 fully saturated rings. The Hall–Kier alpha value is -2.11. The Balaban J connectivity index is 2.03. The van der Waals surface area contributed by atoms with Gasteiger partial charge in [-0.25, -0.2) is 0 Å². The Bertz CT molecular complexity index is 734. The molecule has 4 nitrogen and oxygen atoms in total. The maximum Gasteiger partial charge on any atom is 0.257 e. The van der Waals surface area contributed by atoms with E-state index in [1.807, 2.05) is 19.9 Å². The molecule has 0 saturated carbocycles. The van der Waals surface area contributed by atoms with Gasteiger partial charge in [-0.05, 0) is 62.0 Å². The number of rotatable bonds is 4. The molecule has 0 aliphatic carbocycles. The number of carbonyl (C=O) groups excluding carboxylic acids is 1. The zero-order valence-corrected chi connectivity index (χ0v) is 14.4. The number of hydrogen-bond donors (Lipinski definition) is 2. The number of benzene rings is 2. The van der Waals surface area contributed by atoms with Crippen LogP contribution in [0.3, 0.4) is 0 Å². The first-order chi connectivity index (χ1) is 11.0. The molecule has 0 atom stereocenters. The SMILES string of the molecule is CCOc1cccc(C(=O)NC(=S)Nc2cc(Cl)ccc2C)c1. The lowest BCUT2D eigenvalue weighted by molar-refractivity contribution is 0.0977. The maximum atomic E-state index is 12.2. The molecule has 2 aromatic rings. The van der Waals surface area contributed by atoms with Crippen molar-refractivity contribution in [3.8, 4) is 5.75 Å². The third-order valence-corrected chi connectivity index (χ3v) is 3.52. The molecule has 0 aliphatic rings. The second-order valence-corrected chi connectivity index (χ2v) is 5.67. The Kier molecular flexibility index (Phi) is 5.96. The van der Waals surface area contributed by atoms with Gasteiger partial charge < -0.3 is 10.1 Å². The van der Waals surface area contributed by atoms with Crippen molar-refractivity contribution in [2.75, 3.05) is 11.9 Å². The van der Waals surface area contributed by atoms with Crippen LogP contribution in [0.5, 0.6) is 5.75 Å². The van der Waals surface area contributed by atoms with Gasteiger partial charge in [-0.15, -0.1) is 0 Å². The van der Waals surface area contributed by atoms with Crippen LogP contribution in [-0.2, 0) is 0 Å². The van der Waals surface area contributed by atoms with Gasteiger partial charge in [0.2, 0.25) is 0 Å². The van der Waals surface area contributed by atoms with E-state index in [0.717, 1.165) is 11.3 Å². The summed E-state index contributed by atoms with van der Waals surface area (Å²) in [5.41, 5.74) is 2.21. The third kappa shape index (κ3) is 4.94. The highest BCUT2D eigenvalue weighted by Gasteiger charge is 2.10. The molecule has 6 heteroatoms. The van der Waals surface area contributed by atoms with Crippen molar-refractivity contribution < 1.29 is 9.53 Å². The van der Waals surface area contributed by atoms with Crippen molar-refractivity contribution in [3.63, 3.8) is 0 Å². The summed E-state index contributed by atoms with van der Waals surface area (Å²) in [5.74, 6) is 0.341. The number of ether oxygens (including phenoxy) is 1. The van der Waals surface area contributed by atoms with Gasteiger partial charge in [0, 0.05) is 16.3 Å². The van der Waals surface area contributed by atoms with Crippen LogP contribution in [-0.4, -0.2) is 17.6 Å². The standard InChI is InChI=1S/C17H17ClN2O2S/c1-3-22-14-6-4-5-12(9-14)16(21)20-17(23)19-15-10-13(18)8-7-11(15)2/h4-10H,3H2,1-2H3,(H2,19,20,21,23). The summed E-state index contributed by atoms with van der Waals surface area (Å²) in [5, 5.41) is 6.42. The van der Waals surface area contributed by atoms with Crippen molar-refractivity contribution in [3.05, 3.63) is 58.6 Å². The van der Waals surface area contributed by atoms with Gasteiger partial charge in [-0.3, -0.25) is 10.1 Å². The van der Waals surface area contributed by atoms with Crippen molar-refractivity contribution in [2.24, 2.45) is 0 Å². The average Bonchev–Trinajstić information content (AvgIpc) is 2.51. The summed E-state index contributed by atoms with van der Waals surface area (Å²) in [4.78, 5) is 12.2. The molecule has 0 heterocycles. The summed E-state index contributed by atoms with van der Waals surface area (Å²) in [6.07, 6.45) is 0. The van der Waals surface area contributed by atoms with Crippen LogP contribution >= 0.6 is 23.8 Å². The second-order valence-electron chi connectivity index (χ2n) is 4.83. The first-order valence-electron chi connectivity index (χ1n) is 7.11. The van der Waals surface area contributed by atoms with Gasteiger partial charge in [0.05, 0.1) is 6.61 Å². The summed E-state index contributed by atoms with van der Waals surface area (Å²) in [6, 6.07) is 12.4. The number of carbonyl (C=O) groups is 1. The van der Waals surface area contributed by atoms with Crippen molar-refractivity contribution in [1.29, 1.82) is 0 Å². The monoisotopic (exact) mass is 348 g/mol. The van der Waals surface area contributed by atoms with Gasteiger partial charge in [0.25, 0.3) is 5.91 Å². The Morgan fingerprint density at radius 1 is 1.26 bits per heavy atom. The summed E-state index contributed by atoms with van der Waals surface area (Å²) >= 11 is 11.1. The van der Waals surface area contributed by atoms with Crippen LogP contribution in [0.25, 0.3) is 0 Å². The average molecular weight is 349 g/mol. The smallest absolute Gasteiger partial charge is 0.257 e. The van der Waals surface area contributed by atoms with E-state index in [1.54, 1.807) is 36.4 Å². The lowest BCUT2D eigenvalue weighted by Crippen LogP contribution is -2.34. The van der Waals surface area contributed by atoms with Gasteiger partial charge in [0.15, 0.2) is 5.11 Å². The van der Waals surface area contributed by atoms with Gasteiger partial charge in [-0.1, -0.05) is 23.7 Å². The molecule has 120 valence electrons. The number of hydrogen-bond acceptors (Lipinski definition) is 3. The van der Waals surface area contributed by atoms with Crippen molar-refractivity contribution in [1.82, 2.24) is 5.32 Å². The van der Waals surface area contributed by atoms with Gasteiger partial charge in [0.1, 0.15) is 5.75 Å². The number of anilines is 1. The predicted molar refractivity (Wildman–Crippen MR) is 97.5 cm³/mol. The van der Waals surface area contributed by atoms with E-state index in [0.29, 0.717) is 22.9 Å². The molecular formula is C17H17ClN2O2S. The molecule has 1 amide bonds. The second kappa shape index (κ2) is 7.94. The largest absolute Gasteiger partial charge is 0.494 e. The summed E-state index contributed by atoms with van der Waals surface area (Å²) in [6.45, 7) is 4.35. The Morgan fingerprint density at radius 3 is 2.78 bits per heavy atom. The molecule has 23 heavy (non-hydrogen) atoms. The van der Waals surface area contributed by atoms with E-state index in [-0.39, 0.29) is 11.0 Å². The lowest BCUT2D eigenvalue weighted by Gasteiger charge is -2.12. The highest BCUT2D eigenvalue weighted by Crippen LogP contribution is 2.20. The fourth-order valence-electron chi connectivity index (χ4n) is 1.95. The van der Waals surface area contributed by atoms with Crippen LogP contribution in [0.1, 0.15) is 22.8 Å². The van der Waals surface area contributed by atoms with E-state index in [2.05, 4.69) is 10.6 Å². The zero-order chi connectivity index (χ0) is 16.8. The molecule has 0 aromatic heterocycles. The number of aryl methyl sites for hydroxylation is 1. The maximum absolute atomic E-state index is 12.2. The molecule has 0 saturated heterocycles. The molecule has 0 radical (unpaired) electrons. The fraction of sp³-hybridized carbons (Fsp3) is 0.176. The fourth-order valence-corrected chi connectivity index (χ4v) is 2.33. The number of nitrogens with one attached hydrogen (secondary N) is 2. The van der Waals surface area contributed by atoms with Crippen molar-refractivity contribution in [2.45, 2.75) is 13.8 Å². The summed E-state index contributed by atoms with van der Waals surface area (Å²) < 4.78 is 5.38. The van der Waals surface area contributed by atoms with E-state index in [4.69, 9.17) is 28.6 Å². The van der Waals surface area contributed by atoms with Crippen LogP contribution in [0, 0.1) is 6.92 Å². The van der Waals surface area contributed by atoms with E-state index in [9.17, 15) is 4.79 Å². The molecule has 2 N–H and O–H groups in total. The first kappa shape index (κ1) is 17.2. The van der Waals surface area contributed by atoms with Crippen LogP contribution in [0.2, 0.25) is 5.02 Å². The summed E-state index contributed by atoms with van der Waals surface area (Å²) in [7, 11) is 0. The number of amides is 1. The minimum Gasteiger partial charge on any atom is -0.494 e. The van der Waals surface area contributed by atoms with Gasteiger partial charge in [-0.2, -0.15) is 0 Å². The number of thiocarbonyl (C=S) groups is 1. The van der Waals surface area contributed by atoms with Gasteiger partial charge >= 0.3 is 0 Å². The minimum absolute atomic E-state index is 0.210. The molecule has 0 bridgehead atoms. The Labute approximate surface area is 145 Å². The van der Waals surface area contributed by atoms with Crippen molar-refractivity contribution >= 4 is 40.5 Å². The highest BCUT2D eigenvalue weighted by molar-refractivity contribution is 7.80. The quantitative estimate of drug-likeness (QED) is 0.814. The third-order valence-electron chi connectivity index (χ3n) is 3.08. The zero-order valence-electron chi connectivity index (χ0n) is 12.9.